The molecule has 28 heavy (non-hydrogen) atoms. The Labute approximate surface area is 164 Å². The molecule has 0 unspecified atom stereocenters. The zero-order chi connectivity index (χ0) is 19.8. The van der Waals surface area contributed by atoms with Crippen molar-refractivity contribution in [2.75, 3.05) is 16.8 Å². The van der Waals surface area contributed by atoms with Gasteiger partial charge in [0.05, 0.1) is 10.8 Å². The van der Waals surface area contributed by atoms with E-state index in [4.69, 9.17) is 0 Å². The second kappa shape index (κ2) is 7.26. The molecule has 2 aliphatic heterocycles. The normalized spacial score (nSPS) is 20.9. The molecule has 146 valence electrons. The predicted octanol–water partition coefficient (Wildman–Crippen LogP) is 4.38. The van der Waals surface area contributed by atoms with Gasteiger partial charge in [0.2, 0.25) is 5.91 Å². The molecule has 2 aromatic rings. The number of benzene rings is 2. The first-order chi connectivity index (χ1) is 13.5. The molecule has 6 nitrogen and oxygen atoms in total. The minimum Gasteiger partial charge on any atom is -0.368 e. The summed E-state index contributed by atoms with van der Waals surface area (Å²) in [5, 5.41) is 14.4. The summed E-state index contributed by atoms with van der Waals surface area (Å²) in [6, 6.07) is 11.2. The van der Waals surface area contributed by atoms with Crippen LogP contribution in [0, 0.1) is 29.9 Å². The number of hydrogen-bond donors (Lipinski definition) is 1. The third kappa shape index (κ3) is 3.23. The molecular formula is C22H25N3O3. The molecule has 1 saturated heterocycles. The topological polar surface area (TPSA) is 75.5 Å². The highest BCUT2D eigenvalue weighted by Crippen LogP contribution is 2.40. The lowest BCUT2D eigenvalue weighted by Gasteiger charge is -2.46. The fourth-order valence-corrected chi connectivity index (χ4v) is 4.67. The van der Waals surface area contributed by atoms with Crippen LogP contribution in [0.5, 0.6) is 0 Å². The average Bonchev–Trinajstić information content (AvgIpc) is 2.69. The second-order valence-corrected chi connectivity index (χ2v) is 7.89. The van der Waals surface area contributed by atoms with E-state index >= 15 is 0 Å². The number of amides is 1. The quantitative estimate of drug-likeness (QED) is 0.634. The van der Waals surface area contributed by atoms with Gasteiger partial charge in [0.1, 0.15) is 0 Å². The van der Waals surface area contributed by atoms with Crippen LogP contribution in [0.1, 0.15) is 36.0 Å². The molecule has 0 bridgehead atoms. The molecule has 0 spiro atoms. The zero-order valence-electron chi connectivity index (χ0n) is 16.3. The highest BCUT2D eigenvalue weighted by molar-refractivity contribution is 5.95. The van der Waals surface area contributed by atoms with E-state index in [2.05, 4.69) is 10.2 Å². The number of hydrogen-bond acceptors (Lipinski definition) is 4. The zero-order valence-corrected chi connectivity index (χ0v) is 16.3. The lowest BCUT2D eigenvalue weighted by atomic mass is 9.80. The standard InChI is InChI=1S/C22H25N3O3/c1-14-6-5-7-15(2)21(14)23-22(26)18-13-16-12-17(25(27)28)9-10-19(16)24-11-4-3-8-20(18)24/h5-7,9-10,12,18,20H,3-4,8,11,13H2,1-2H3,(H,23,26)/t18-,20-/m1/s1. The van der Waals surface area contributed by atoms with Gasteiger partial charge in [-0.15, -0.1) is 0 Å². The van der Waals surface area contributed by atoms with E-state index in [0.29, 0.717) is 6.42 Å². The van der Waals surface area contributed by atoms with E-state index in [1.54, 1.807) is 12.1 Å². The Morgan fingerprint density at radius 3 is 2.64 bits per heavy atom. The van der Waals surface area contributed by atoms with E-state index in [-0.39, 0.29) is 28.5 Å². The smallest absolute Gasteiger partial charge is 0.269 e. The number of anilines is 2. The van der Waals surface area contributed by atoms with Gasteiger partial charge in [0, 0.05) is 36.1 Å². The van der Waals surface area contributed by atoms with Crippen LogP contribution in [0.3, 0.4) is 0 Å². The van der Waals surface area contributed by atoms with Crippen molar-refractivity contribution in [3.05, 3.63) is 63.2 Å². The van der Waals surface area contributed by atoms with Crippen LogP contribution < -0.4 is 10.2 Å². The summed E-state index contributed by atoms with van der Waals surface area (Å²) in [5.41, 5.74) is 4.99. The molecule has 1 N–H and O–H groups in total. The maximum absolute atomic E-state index is 13.3. The third-order valence-corrected chi connectivity index (χ3v) is 6.10. The molecule has 0 radical (unpaired) electrons. The van der Waals surface area contributed by atoms with Crippen molar-refractivity contribution in [2.45, 2.75) is 45.6 Å². The molecule has 2 aromatic carbocycles. The van der Waals surface area contributed by atoms with Gasteiger partial charge in [-0.2, -0.15) is 0 Å². The number of nitrogens with zero attached hydrogens (tertiary/aromatic N) is 2. The van der Waals surface area contributed by atoms with E-state index in [1.165, 1.54) is 0 Å². The van der Waals surface area contributed by atoms with Crippen molar-refractivity contribution in [3.8, 4) is 0 Å². The number of aryl methyl sites for hydroxylation is 2. The van der Waals surface area contributed by atoms with Gasteiger partial charge in [0.15, 0.2) is 0 Å². The molecule has 4 rings (SSSR count). The number of nitrogens with one attached hydrogen (secondary N) is 1. The van der Waals surface area contributed by atoms with Crippen molar-refractivity contribution in [2.24, 2.45) is 5.92 Å². The number of non-ortho nitro benzene ring substituents is 1. The Hall–Kier alpha value is -2.89. The fraction of sp³-hybridized carbons (Fsp3) is 0.409. The van der Waals surface area contributed by atoms with Gasteiger partial charge in [-0.1, -0.05) is 18.2 Å². The van der Waals surface area contributed by atoms with Crippen LogP contribution in [0.4, 0.5) is 17.1 Å². The van der Waals surface area contributed by atoms with Crippen LogP contribution in [0.2, 0.25) is 0 Å². The lowest BCUT2D eigenvalue weighted by Crippen LogP contribution is -2.52. The Balaban J connectivity index is 1.67. The summed E-state index contributed by atoms with van der Waals surface area (Å²) in [7, 11) is 0. The molecule has 2 atom stereocenters. The van der Waals surface area contributed by atoms with E-state index in [1.807, 2.05) is 38.1 Å². The minimum atomic E-state index is -0.367. The summed E-state index contributed by atoms with van der Waals surface area (Å²) in [4.78, 5) is 26.4. The number of para-hydroxylation sites is 1. The van der Waals surface area contributed by atoms with Crippen LogP contribution in [-0.2, 0) is 11.2 Å². The number of nitro benzene ring substituents is 1. The van der Waals surface area contributed by atoms with E-state index < -0.39 is 0 Å². The predicted molar refractivity (Wildman–Crippen MR) is 110 cm³/mol. The number of fused-ring (bicyclic) bond motifs is 3. The van der Waals surface area contributed by atoms with Gasteiger partial charge in [-0.3, -0.25) is 14.9 Å². The van der Waals surface area contributed by atoms with Gasteiger partial charge in [-0.25, -0.2) is 0 Å². The number of piperidine rings is 1. The summed E-state index contributed by atoms with van der Waals surface area (Å²) in [6.45, 7) is 4.88. The van der Waals surface area contributed by atoms with Gasteiger partial charge >= 0.3 is 0 Å². The van der Waals surface area contributed by atoms with Crippen molar-refractivity contribution in [1.82, 2.24) is 0 Å². The Kier molecular flexibility index (Phi) is 4.79. The van der Waals surface area contributed by atoms with E-state index in [9.17, 15) is 14.9 Å². The summed E-state index contributed by atoms with van der Waals surface area (Å²) in [5.74, 6) is -0.208. The monoisotopic (exact) mass is 379 g/mol. The SMILES string of the molecule is Cc1cccc(C)c1NC(=O)[C@@H]1Cc2cc([N+](=O)[O-])ccc2N2CCCC[C@H]12. The first-order valence-electron chi connectivity index (χ1n) is 9.87. The average molecular weight is 379 g/mol. The summed E-state index contributed by atoms with van der Waals surface area (Å²) >= 11 is 0. The van der Waals surface area contributed by atoms with Crippen LogP contribution in [-0.4, -0.2) is 23.4 Å². The van der Waals surface area contributed by atoms with Gasteiger partial charge < -0.3 is 10.2 Å². The van der Waals surface area contributed by atoms with Crippen molar-refractivity contribution in [1.29, 1.82) is 0 Å². The number of nitro groups is 1. The maximum Gasteiger partial charge on any atom is 0.269 e. The van der Waals surface area contributed by atoms with E-state index in [0.717, 1.165) is 53.9 Å². The van der Waals surface area contributed by atoms with Gasteiger partial charge in [0.25, 0.3) is 5.69 Å². The molecule has 2 aliphatic rings. The first kappa shape index (κ1) is 18.5. The summed E-state index contributed by atoms with van der Waals surface area (Å²) in [6.07, 6.45) is 3.70. The number of carbonyl (C=O) groups excluding carboxylic acids is 1. The first-order valence-corrected chi connectivity index (χ1v) is 9.87. The number of carbonyl (C=O) groups is 1. The fourth-order valence-electron chi connectivity index (χ4n) is 4.67. The number of rotatable bonds is 3. The Morgan fingerprint density at radius 1 is 1.18 bits per heavy atom. The maximum atomic E-state index is 13.3. The molecular weight excluding hydrogens is 354 g/mol. The highest BCUT2D eigenvalue weighted by atomic mass is 16.6. The largest absolute Gasteiger partial charge is 0.368 e. The summed E-state index contributed by atoms with van der Waals surface area (Å²) < 4.78 is 0. The molecule has 1 fully saturated rings. The molecule has 1 amide bonds. The lowest BCUT2D eigenvalue weighted by molar-refractivity contribution is -0.384. The van der Waals surface area contributed by atoms with Crippen molar-refractivity contribution < 1.29 is 9.72 Å². The van der Waals surface area contributed by atoms with Crippen LogP contribution in [0.25, 0.3) is 0 Å². The minimum absolute atomic E-state index is 0.00598. The molecule has 6 heteroatoms. The Bertz CT molecular complexity index is 920. The Morgan fingerprint density at radius 2 is 1.93 bits per heavy atom. The van der Waals surface area contributed by atoms with Crippen LogP contribution >= 0.6 is 0 Å². The second-order valence-electron chi connectivity index (χ2n) is 7.89. The van der Waals surface area contributed by atoms with Crippen LogP contribution in [0.15, 0.2) is 36.4 Å². The van der Waals surface area contributed by atoms with Crippen molar-refractivity contribution >= 4 is 23.0 Å². The molecule has 0 aliphatic carbocycles. The molecule has 0 aromatic heterocycles. The molecule has 0 saturated carbocycles. The highest BCUT2D eigenvalue weighted by Gasteiger charge is 2.40. The third-order valence-electron chi connectivity index (χ3n) is 6.10. The molecule has 2 heterocycles. The van der Waals surface area contributed by atoms with Gasteiger partial charge in [-0.05, 0) is 62.3 Å². The van der Waals surface area contributed by atoms with Crippen molar-refractivity contribution in [3.63, 3.8) is 0 Å².